The van der Waals surface area contributed by atoms with Crippen molar-refractivity contribution >= 4 is 11.9 Å². The van der Waals surface area contributed by atoms with Crippen molar-refractivity contribution in [1.82, 2.24) is 0 Å². The van der Waals surface area contributed by atoms with Gasteiger partial charge >= 0.3 is 11.9 Å². The highest BCUT2D eigenvalue weighted by molar-refractivity contribution is 5.90. The fraction of sp³-hybridized carbons (Fsp3) is 0.630. The Labute approximate surface area is 214 Å². The van der Waals surface area contributed by atoms with Crippen molar-refractivity contribution in [2.24, 2.45) is 16.7 Å². The first kappa shape index (κ1) is 26.3. The summed E-state index contributed by atoms with van der Waals surface area (Å²) in [4.78, 5) is 26.3. The second kappa shape index (κ2) is 7.84. The molecule has 1 aliphatic heterocycles. The summed E-state index contributed by atoms with van der Waals surface area (Å²) >= 11 is 0. The molecule has 2 bridgehead atoms. The van der Waals surface area contributed by atoms with Crippen LogP contribution < -0.4 is 0 Å². The van der Waals surface area contributed by atoms with E-state index < -0.39 is 82.9 Å². The molecule has 0 radical (unpaired) electrons. The van der Waals surface area contributed by atoms with Gasteiger partial charge in [-0.3, -0.25) is 0 Å². The zero-order chi connectivity index (χ0) is 27.3. The summed E-state index contributed by atoms with van der Waals surface area (Å²) in [5, 5.41) is 69.6. The van der Waals surface area contributed by atoms with Crippen LogP contribution in [0, 0.1) is 16.7 Å². The van der Waals surface area contributed by atoms with E-state index in [1.165, 1.54) is 19.1 Å². The number of esters is 2. The van der Waals surface area contributed by atoms with Crippen LogP contribution in [0.25, 0.3) is 0 Å². The van der Waals surface area contributed by atoms with Gasteiger partial charge in [0, 0.05) is 17.8 Å². The summed E-state index contributed by atoms with van der Waals surface area (Å²) in [7, 11) is 0. The molecule has 6 N–H and O–H groups in total. The summed E-state index contributed by atoms with van der Waals surface area (Å²) < 4.78 is 11.1. The van der Waals surface area contributed by atoms with Gasteiger partial charge in [0.05, 0.1) is 35.4 Å². The Morgan fingerprint density at radius 3 is 2.30 bits per heavy atom. The third-order valence-electron chi connectivity index (χ3n) is 9.88. The number of carbonyl (C=O) groups excluding carboxylic acids is 2. The summed E-state index contributed by atoms with van der Waals surface area (Å²) in [5.74, 6) is -3.44. The van der Waals surface area contributed by atoms with Gasteiger partial charge in [-0.05, 0) is 50.5 Å². The van der Waals surface area contributed by atoms with Crippen LogP contribution in [-0.2, 0) is 14.3 Å². The lowest BCUT2D eigenvalue weighted by Crippen LogP contribution is -2.85. The van der Waals surface area contributed by atoms with Gasteiger partial charge in [0.15, 0.2) is 5.60 Å². The van der Waals surface area contributed by atoms with Crippen LogP contribution in [0.2, 0.25) is 0 Å². The van der Waals surface area contributed by atoms with E-state index in [0.717, 1.165) is 0 Å². The number of hydrogen-bond donors (Lipinski definition) is 6. The molecule has 0 spiro atoms. The second-order valence-corrected chi connectivity index (χ2v) is 11.8. The molecule has 202 valence electrons. The molecular formula is C27H34O10. The van der Waals surface area contributed by atoms with Crippen LogP contribution in [-0.4, -0.2) is 90.4 Å². The molecule has 2 saturated carbocycles. The third-order valence-corrected chi connectivity index (χ3v) is 9.88. The number of ether oxygens (including phenoxy) is 2. The molecule has 0 amide bonds. The zero-order valence-electron chi connectivity index (χ0n) is 21.2. The quantitative estimate of drug-likeness (QED) is 0.233. The fourth-order valence-corrected chi connectivity index (χ4v) is 7.82. The topological polar surface area (TPSA) is 174 Å². The van der Waals surface area contributed by atoms with Gasteiger partial charge in [0.2, 0.25) is 0 Å². The van der Waals surface area contributed by atoms with E-state index in [1.54, 1.807) is 39.0 Å². The van der Waals surface area contributed by atoms with Crippen molar-refractivity contribution in [2.75, 3.05) is 6.61 Å². The average molecular weight is 519 g/mol. The highest BCUT2D eigenvalue weighted by atomic mass is 16.6. The Hall–Kier alpha value is -2.34. The Morgan fingerprint density at radius 2 is 1.68 bits per heavy atom. The van der Waals surface area contributed by atoms with E-state index in [-0.39, 0.29) is 23.1 Å². The lowest BCUT2D eigenvalue weighted by Gasteiger charge is -2.71. The molecule has 1 saturated heterocycles. The molecule has 0 aromatic heterocycles. The van der Waals surface area contributed by atoms with Gasteiger partial charge in [-0.1, -0.05) is 25.1 Å². The summed E-state index contributed by atoms with van der Waals surface area (Å²) in [6, 6.07) is 7.99. The number of rotatable bonds is 3. The van der Waals surface area contributed by atoms with Crippen LogP contribution in [0.3, 0.4) is 0 Å². The minimum Gasteiger partial charge on any atom is -0.459 e. The largest absolute Gasteiger partial charge is 0.459 e. The van der Waals surface area contributed by atoms with Gasteiger partial charge in [-0.15, -0.1) is 0 Å². The molecule has 1 aromatic carbocycles. The van der Waals surface area contributed by atoms with Gasteiger partial charge in [0.25, 0.3) is 0 Å². The van der Waals surface area contributed by atoms with Crippen LogP contribution in [0.15, 0.2) is 41.5 Å². The van der Waals surface area contributed by atoms with Crippen LogP contribution in [0.4, 0.5) is 0 Å². The van der Waals surface area contributed by atoms with Crippen LogP contribution in [0.1, 0.15) is 50.9 Å². The monoisotopic (exact) mass is 518 g/mol. The number of aliphatic hydroxyl groups is 6. The van der Waals surface area contributed by atoms with Crippen molar-refractivity contribution in [3.05, 3.63) is 47.0 Å². The lowest BCUT2D eigenvalue weighted by atomic mass is 9.38. The Bertz CT molecular complexity index is 1180. The maximum atomic E-state index is 13.6. The molecule has 5 rings (SSSR count). The van der Waals surface area contributed by atoms with Crippen molar-refractivity contribution < 1.29 is 49.7 Å². The van der Waals surface area contributed by atoms with Crippen molar-refractivity contribution in [3.8, 4) is 0 Å². The van der Waals surface area contributed by atoms with E-state index >= 15 is 0 Å². The van der Waals surface area contributed by atoms with E-state index in [2.05, 4.69) is 0 Å². The van der Waals surface area contributed by atoms with Crippen molar-refractivity contribution in [3.63, 3.8) is 0 Å². The highest BCUT2D eigenvalue weighted by Gasteiger charge is 2.85. The predicted octanol–water partition coefficient (Wildman–Crippen LogP) is -0.169. The molecular weight excluding hydrogens is 484 g/mol. The first-order valence-electron chi connectivity index (χ1n) is 12.4. The van der Waals surface area contributed by atoms with E-state index in [1.807, 2.05) is 0 Å². The minimum absolute atomic E-state index is 0.0686. The van der Waals surface area contributed by atoms with Crippen LogP contribution in [0.5, 0.6) is 0 Å². The first-order chi connectivity index (χ1) is 17.1. The molecule has 10 nitrogen and oxygen atoms in total. The van der Waals surface area contributed by atoms with E-state index in [4.69, 9.17) is 9.47 Å². The molecule has 3 aliphatic carbocycles. The first-order valence-corrected chi connectivity index (χ1v) is 12.4. The molecule has 37 heavy (non-hydrogen) atoms. The summed E-state index contributed by atoms with van der Waals surface area (Å²) in [6.07, 6.45) is -6.65. The van der Waals surface area contributed by atoms with Crippen molar-refractivity contribution in [2.45, 2.75) is 81.8 Å². The van der Waals surface area contributed by atoms with Gasteiger partial charge in [-0.25, -0.2) is 9.59 Å². The number of fused-ring (bicyclic) bond motifs is 2. The lowest BCUT2D eigenvalue weighted by molar-refractivity contribution is -0.341. The van der Waals surface area contributed by atoms with E-state index in [9.17, 15) is 40.2 Å². The fourth-order valence-electron chi connectivity index (χ4n) is 7.82. The van der Waals surface area contributed by atoms with E-state index in [0.29, 0.717) is 0 Å². The SMILES string of the molecule is CC1=C2C3(O)C(=O)OC(C)(C)[C@@]2(C[C@H]1O)[C@@H](O)[C@@H]1[C@](O)(COC(=O)c2ccccc2)[C@@H](O)C[C@H](O)[C@]13C. The number of hydrogen-bond acceptors (Lipinski definition) is 10. The summed E-state index contributed by atoms with van der Waals surface area (Å²) in [6.45, 7) is 5.21. The Morgan fingerprint density at radius 1 is 1.05 bits per heavy atom. The maximum Gasteiger partial charge on any atom is 0.343 e. The number of aliphatic hydroxyl groups excluding tert-OH is 4. The number of cyclic esters (lactones) is 1. The molecule has 4 aliphatic rings. The molecule has 10 heteroatoms. The average Bonchev–Trinajstić information content (AvgIpc) is 3.13. The zero-order valence-corrected chi connectivity index (χ0v) is 21.2. The standard InChI is InChI=1S/C27H34O10/c1-13-15(28)11-25-18(13)27(35,22(33)37-23(25,2)3)24(4)16(29)10-17(30)26(34,19(24)20(25)31)12-36-21(32)14-8-6-5-7-9-14/h5-9,15-17,19-20,28-31,34-35H,10-12H2,1-4H3/t15-,16+,17+,19+,20+,24-,25-,26+,27?/m1/s1. The Balaban J connectivity index is 1.69. The minimum atomic E-state index is -2.55. The van der Waals surface area contributed by atoms with Crippen LogP contribution >= 0.6 is 0 Å². The maximum absolute atomic E-state index is 13.6. The van der Waals surface area contributed by atoms with Crippen molar-refractivity contribution in [1.29, 1.82) is 0 Å². The second-order valence-electron chi connectivity index (χ2n) is 11.8. The van der Waals surface area contributed by atoms with Gasteiger partial charge < -0.3 is 40.1 Å². The molecule has 1 heterocycles. The highest BCUT2D eigenvalue weighted by Crippen LogP contribution is 2.73. The smallest absolute Gasteiger partial charge is 0.343 e. The molecule has 1 unspecified atom stereocenters. The molecule has 9 atom stereocenters. The Kier molecular flexibility index (Phi) is 5.57. The predicted molar refractivity (Wildman–Crippen MR) is 127 cm³/mol. The molecule has 1 aromatic rings. The normalized spacial score (nSPS) is 46.1. The number of carbonyl (C=O) groups is 2. The molecule has 3 fully saturated rings. The number of benzene rings is 1. The third kappa shape index (κ3) is 2.91. The van der Waals surface area contributed by atoms with Gasteiger partial charge in [0.1, 0.15) is 17.8 Å². The van der Waals surface area contributed by atoms with Gasteiger partial charge in [-0.2, -0.15) is 0 Å². The summed E-state index contributed by atoms with van der Waals surface area (Å²) in [5.41, 5.74) is -9.37.